The SMILES string of the molecule is CC(C)C1CCC(NCC2(O)CCCC2)CC1. The summed E-state index contributed by atoms with van der Waals surface area (Å²) in [6, 6.07) is 0.662. The van der Waals surface area contributed by atoms with Crippen LogP contribution in [0.3, 0.4) is 0 Å². The second kappa shape index (κ2) is 5.71. The molecular weight excluding hydrogens is 210 g/mol. The molecule has 0 bridgehead atoms. The van der Waals surface area contributed by atoms with Crippen LogP contribution in [-0.2, 0) is 0 Å². The Kier molecular flexibility index (Phi) is 4.48. The Morgan fingerprint density at radius 3 is 2.24 bits per heavy atom. The summed E-state index contributed by atoms with van der Waals surface area (Å²) in [5.74, 6) is 1.78. The zero-order chi connectivity index (χ0) is 12.3. The average Bonchev–Trinajstić information content (AvgIpc) is 2.75. The Morgan fingerprint density at radius 1 is 1.12 bits per heavy atom. The Bertz CT molecular complexity index is 225. The lowest BCUT2D eigenvalue weighted by Crippen LogP contribution is -2.44. The molecule has 0 aromatic rings. The van der Waals surface area contributed by atoms with E-state index < -0.39 is 0 Å². The van der Waals surface area contributed by atoms with E-state index in [0.29, 0.717) is 6.04 Å². The van der Waals surface area contributed by atoms with Crippen molar-refractivity contribution in [2.75, 3.05) is 6.54 Å². The van der Waals surface area contributed by atoms with Crippen molar-refractivity contribution in [3.63, 3.8) is 0 Å². The van der Waals surface area contributed by atoms with E-state index in [4.69, 9.17) is 0 Å². The van der Waals surface area contributed by atoms with E-state index in [1.165, 1.54) is 38.5 Å². The van der Waals surface area contributed by atoms with Gasteiger partial charge in [-0.3, -0.25) is 0 Å². The smallest absolute Gasteiger partial charge is 0.0771 e. The quantitative estimate of drug-likeness (QED) is 0.790. The van der Waals surface area contributed by atoms with Gasteiger partial charge in [0.15, 0.2) is 0 Å². The van der Waals surface area contributed by atoms with Gasteiger partial charge in [-0.25, -0.2) is 0 Å². The first-order chi connectivity index (χ1) is 8.09. The average molecular weight is 239 g/mol. The number of rotatable bonds is 4. The van der Waals surface area contributed by atoms with Crippen LogP contribution in [0.25, 0.3) is 0 Å². The van der Waals surface area contributed by atoms with E-state index in [-0.39, 0.29) is 5.60 Å². The van der Waals surface area contributed by atoms with Gasteiger partial charge >= 0.3 is 0 Å². The molecule has 2 aliphatic carbocycles. The van der Waals surface area contributed by atoms with Crippen LogP contribution in [0, 0.1) is 11.8 Å². The third-order valence-electron chi connectivity index (χ3n) is 4.97. The molecule has 2 fully saturated rings. The molecular formula is C15H29NO. The van der Waals surface area contributed by atoms with Crippen molar-refractivity contribution >= 4 is 0 Å². The second-order valence-corrected chi connectivity index (χ2v) is 6.67. The van der Waals surface area contributed by atoms with Gasteiger partial charge in [-0.05, 0) is 50.4 Å². The molecule has 2 heteroatoms. The minimum atomic E-state index is -0.380. The highest BCUT2D eigenvalue weighted by Crippen LogP contribution is 2.32. The fourth-order valence-corrected chi connectivity index (χ4v) is 3.53. The highest BCUT2D eigenvalue weighted by molar-refractivity contribution is 4.88. The van der Waals surface area contributed by atoms with Crippen LogP contribution in [0.2, 0.25) is 0 Å². The predicted octanol–water partition coefficient (Wildman–Crippen LogP) is 3.10. The van der Waals surface area contributed by atoms with Crippen molar-refractivity contribution in [2.45, 2.75) is 76.9 Å². The van der Waals surface area contributed by atoms with Crippen molar-refractivity contribution in [2.24, 2.45) is 11.8 Å². The van der Waals surface area contributed by atoms with Crippen molar-refractivity contribution in [1.82, 2.24) is 5.32 Å². The van der Waals surface area contributed by atoms with Gasteiger partial charge in [0, 0.05) is 12.6 Å². The van der Waals surface area contributed by atoms with E-state index in [2.05, 4.69) is 19.2 Å². The molecule has 0 spiro atoms. The first-order valence-corrected chi connectivity index (χ1v) is 7.55. The van der Waals surface area contributed by atoms with Crippen LogP contribution in [0.15, 0.2) is 0 Å². The maximum absolute atomic E-state index is 10.3. The molecule has 0 saturated heterocycles. The highest BCUT2D eigenvalue weighted by atomic mass is 16.3. The second-order valence-electron chi connectivity index (χ2n) is 6.67. The molecule has 0 aromatic heterocycles. The fourth-order valence-electron chi connectivity index (χ4n) is 3.53. The Morgan fingerprint density at radius 2 is 1.71 bits per heavy atom. The molecule has 0 atom stereocenters. The predicted molar refractivity (Wildman–Crippen MR) is 72.0 cm³/mol. The minimum Gasteiger partial charge on any atom is -0.389 e. The zero-order valence-electron chi connectivity index (χ0n) is 11.5. The molecule has 17 heavy (non-hydrogen) atoms. The summed E-state index contributed by atoms with van der Waals surface area (Å²) >= 11 is 0. The van der Waals surface area contributed by atoms with E-state index in [1.54, 1.807) is 0 Å². The van der Waals surface area contributed by atoms with Crippen LogP contribution in [-0.4, -0.2) is 23.3 Å². The fraction of sp³-hybridized carbons (Fsp3) is 1.00. The zero-order valence-corrected chi connectivity index (χ0v) is 11.5. The molecule has 0 aromatic carbocycles. The van der Waals surface area contributed by atoms with Gasteiger partial charge in [0.05, 0.1) is 5.60 Å². The van der Waals surface area contributed by atoms with Crippen LogP contribution in [0.5, 0.6) is 0 Å². The van der Waals surface area contributed by atoms with Crippen molar-refractivity contribution < 1.29 is 5.11 Å². The van der Waals surface area contributed by atoms with Gasteiger partial charge in [0.25, 0.3) is 0 Å². The summed E-state index contributed by atoms with van der Waals surface area (Å²) in [6.07, 6.45) is 9.76. The molecule has 2 nitrogen and oxygen atoms in total. The van der Waals surface area contributed by atoms with Crippen LogP contribution in [0.1, 0.15) is 65.2 Å². The molecule has 2 N–H and O–H groups in total. The van der Waals surface area contributed by atoms with Gasteiger partial charge in [0.1, 0.15) is 0 Å². The molecule has 0 unspecified atom stereocenters. The molecule has 2 aliphatic rings. The molecule has 0 amide bonds. The van der Waals surface area contributed by atoms with Gasteiger partial charge in [-0.1, -0.05) is 26.7 Å². The lowest BCUT2D eigenvalue weighted by molar-refractivity contribution is 0.0422. The Labute approximate surface area is 106 Å². The highest BCUT2D eigenvalue weighted by Gasteiger charge is 2.32. The first-order valence-electron chi connectivity index (χ1n) is 7.55. The minimum absolute atomic E-state index is 0.380. The molecule has 0 radical (unpaired) electrons. The monoisotopic (exact) mass is 239 g/mol. The van der Waals surface area contributed by atoms with Crippen LogP contribution in [0.4, 0.5) is 0 Å². The van der Waals surface area contributed by atoms with Crippen molar-refractivity contribution in [1.29, 1.82) is 0 Å². The summed E-state index contributed by atoms with van der Waals surface area (Å²) in [5, 5.41) is 13.9. The lowest BCUT2D eigenvalue weighted by Gasteiger charge is -2.33. The van der Waals surface area contributed by atoms with E-state index in [1.807, 2.05) is 0 Å². The number of aliphatic hydroxyl groups is 1. The molecule has 2 saturated carbocycles. The summed E-state index contributed by atoms with van der Waals surface area (Å²) < 4.78 is 0. The number of nitrogens with one attached hydrogen (secondary N) is 1. The van der Waals surface area contributed by atoms with E-state index in [9.17, 15) is 5.11 Å². The summed E-state index contributed by atoms with van der Waals surface area (Å²) in [5.41, 5.74) is -0.380. The van der Waals surface area contributed by atoms with Crippen molar-refractivity contribution in [3.8, 4) is 0 Å². The molecule has 100 valence electrons. The standard InChI is InChI=1S/C15H29NO/c1-12(2)13-5-7-14(8-6-13)16-11-15(17)9-3-4-10-15/h12-14,16-17H,3-11H2,1-2H3. The third-order valence-corrected chi connectivity index (χ3v) is 4.97. The lowest BCUT2D eigenvalue weighted by atomic mass is 9.79. The Balaban J connectivity index is 1.68. The topological polar surface area (TPSA) is 32.3 Å². The van der Waals surface area contributed by atoms with E-state index >= 15 is 0 Å². The van der Waals surface area contributed by atoms with Gasteiger partial charge < -0.3 is 10.4 Å². The van der Waals surface area contributed by atoms with Crippen LogP contribution < -0.4 is 5.32 Å². The van der Waals surface area contributed by atoms with Crippen molar-refractivity contribution in [3.05, 3.63) is 0 Å². The maximum atomic E-state index is 10.3. The van der Waals surface area contributed by atoms with Crippen LogP contribution >= 0.6 is 0 Å². The summed E-state index contributed by atoms with van der Waals surface area (Å²) in [6.45, 7) is 5.52. The largest absolute Gasteiger partial charge is 0.389 e. The number of hydrogen-bond donors (Lipinski definition) is 2. The molecule has 0 heterocycles. The molecule has 2 rings (SSSR count). The van der Waals surface area contributed by atoms with Gasteiger partial charge in [-0.15, -0.1) is 0 Å². The summed E-state index contributed by atoms with van der Waals surface area (Å²) in [4.78, 5) is 0. The van der Waals surface area contributed by atoms with Gasteiger partial charge in [-0.2, -0.15) is 0 Å². The Hall–Kier alpha value is -0.0800. The molecule has 0 aliphatic heterocycles. The van der Waals surface area contributed by atoms with Gasteiger partial charge in [0.2, 0.25) is 0 Å². The van der Waals surface area contributed by atoms with E-state index in [0.717, 1.165) is 31.2 Å². The normalized spacial score (nSPS) is 33.2. The maximum Gasteiger partial charge on any atom is 0.0771 e. The first kappa shape index (κ1) is 13.4. The third kappa shape index (κ3) is 3.69. The number of hydrogen-bond acceptors (Lipinski definition) is 2. The summed E-state index contributed by atoms with van der Waals surface area (Å²) in [7, 11) is 0.